The van der Waals surface area contributed by atoms with Crippen LogP contribution in [0.4, 0.5) is 24.5 Å². The Bertz CT molecular complexity index is 1400. The number of nitrogens with two attached hydrogens (primary N) is 1. The molecule has 0 aromatic heterocycles. The Balaban J connectivity index is 2.53. The van der Waals surface area contributed by atoms with Crippen LogP contribution in [0.15, 0.2) is 65.1 Å². The summed E-state index contributed by atoms with van der Waals surface area (Å²) in [6.45, 7) is 0. The molecule has 0 spiro atoms. The quantitative estimate of drug-likeness (QED) is 0.337. The molecule has 0 saturated heterocycles. The predicted molar refractivity (Wildman–Crippen MR) is 123 cm³/mol. The van der Waals surface area contributed by atoms with E-state index in [9.17, 15) is 38.1 Å². The van der Waals surface area contributed by atoms with Gasteiger partial charge in [0.15, 0.2) is 0 Å². The second-order valence-electron chi connectivity index (χ2n) is 7.42. The van der Waals surface area contributed by atoms with Gasteiger partial charge in [-0.25, -0.2) is 9.59 Å². The first kappa shape index (κ1) is 27.0. The van der Waals surface area contributed by atoms with Crippen molar-refractivity contribution in [3.05, 3.63) is 91.4 Å². The molecule has 14 heteroatoms. The summed E-state index contributed by atoms with van der Waals surface area (Å²) in [7, 11) is 1.92. The number of benzene rings is 2. The number of alkyl halides is 3. The highest BCUT2D eigenvalue weighted by Gasteiger charge is 2.46. The number of carbonyl (C=O) groups excluding carboxylic acids is 2. The molecule has 0 bridgehead atoms. The van der Waals surface area contributed by atoms with Crippen LogP contribution in [-0.2, 0) is 25.2 Å². The maximum Gasteiger partial charge on any atom is 0.416 e. The minimum absolute atomic E-state index is 0.191. The van der Waals surface area contributed by atoms with Crippen molar-refractivity contribution in [2.45, 2.75) is 12.1 Å². The Morgan fingerprint density at radius 2 is 1.76 bits per heavy atom. The van der Waals surface area contributed by atoms with Crippen LogP contribution in [0.25, 0.3) is 0 Å². The number of hydrogen-bond donors (Lipinski definition) is 1. The van der Waals surface area contributed by atoms with Crippen LogP contribution in [0.3, 0.4) is 0 Å². The normalized spacial score (nSPS) is 15.8. The summed E-state index contributed by atoms with van der Waals surface area (Å²) in [6, 6.07) is 10.3. The molecule has 1 atom stereocenters. The van der Waals surface area contributed by atoms with Crippen LogP contribution in [-0.4, -0.2) is 31.1 Å². The largest absolute Gasteiger partial charge is 0.466 e. The number of nitrogens with zero attached hydrogens (tertiary/aromatic N) is 3. The van der Waals surface area contributed by atoms with Gasteiger partial charge in [0.2, 0.25) is 0 Å². The smallest absolute Gasteiger partial charge is 0.416 e. The lowest BCUT2D eigenvalue weighted by atomic mass is 9.81. The zero-order chi connectivity index (χ0) is 27.7. The van der Waals surface area contributed by atoms with Crippen molar-refractivity contribution in [2.24, 2.45) is 5.73 Å². The highest BCUT2D eigenvalue weighted by molar-refractivity contribution is 6.34. The first-order valence-electron chi connectivity index (χ1n) is 10.1. The molecule has 10 nitrogen and oxygen atoms in total. The third-order valence-electron chi connectivity index (χ3n) is 5.40. The lowest BCUT2D eigenvalue weighted by Crippen LogP contribution is -2.41. The SMILES string of the molecule is COC(=O)C1=C(C(=O)OC)N(c2c(Cl)cc(C(F)(F)F)cc2[N+](=O)[O-])C(N)=C(C#N)C1c1ccccc1. The summed E-state index contributed by atoms with van der Waals surface area (Å²) in [6.07, 6.45) is -5.01. The summed E-state index contributed by atoms with van der Waals surface area (Å²) < 4.78 is 49.7. The van der Waals surface area contributed by atoms with Gasteiger partial charge in [0.1, 0.15) is 17.2 Å². The third-order valence-corrected chi connectivity index (χ3v) is 5.69. The maximum absolute atomic E-state index is 13.4. The lowest BCUT2D eigenvalue weighted by Gasteiger charge is -2.36. The number of esters is 2. The van der Waals surface area contributed by atoms with Crippen LogP contribution < -0.4 is 10.6 Å². The van der Waals surface area contributed by atoms with Crippen molar-refractivity contribution in [3.63, 3.8) is 0 Å². The molecule has 0 amide bonds. The van der Waals surface area contributed by atoms with Crippen LogP contribution >= 0.6 is 11.6 Å². The Morgan fingerprint density at radius 3 is 2.24 bits per heavy atom. The molecule has 192 valence electrons. The van der Waals surface area contributed by atoms with Crippen molar-refractivity contribution in [1.82, 2.24) is 0 Å². The zero-order valence-corrected chi connectivity index (χ0v) is 19.8. The van der Waals surface area contributed by atoms with Crippen molar-refractivity contribution < 1.29 is 37.2 Å². The molecule has 0 fully saturated rings. The number of nitriles is 1. The zero-order valence-electron chi connectivity index (χ0n) is 19.0. The first-order valence-corrected chi connectivity index (χ1v) is 10.5. The van der Waals surface area contributed by atoms with Crippen LogP contribution in [0, 0.1) is 21.4 Å². The van der Waals surface area contributed by atoms with E-state index in [1.54, 1.807) is 18.2 Å². The monoisotopic (exact) mass is 536 g/mol. The topological polar surface area (TPSA) is 149 Å². The highest BCUT2D eigenvalue weighted by Crippen LogP contribution is 2.49. The second kappa shape index (κ2) is 10.2. The highest BCUT2D eigenvalue weighted by atomic mass is 35.5. The van der Waals surface area contributed by atoms with Gasteiger partial charge in [-0.05, 0) is 11.6 Å². The maximum atomic E-state index is 13.4. The summed E-state index contributed by atoms with van der Waals surface area (Å²) in [5.74, 6) is -4.29. The fourth-order valence-corrected chi connectivity index (χ4v) is 4.15. The van der Waals surface area contributed by atoms with E-state index in [-0.39, 0.29) is 11.6 Å². The molecule has 3 rings (SSSR count). The van der Waals surface area contributed by atoms with Gasteiger partial charge in [-0.2, -0.15) is 18.4 Å². The van der Waals surface area contributed by atoms with Gasteiger partial charge in [0.05, 0.1) is 52.9 Å². The van der Waals surface area contributed by atoms with E-state index in [1.807, 2.05) is 6.07 Å². The number of nitro benzene ring substituents is 1. The number of allylic oxidation sites excluding steroid dienone is 1. The molecule has 1 aliphatic heterocycles. The van der Waals surface area contributed by atoms with Crippen molar-refractivity contribution in [2.75, 3.05) is 19.1 Å². The van der Waals surface area contributed by atoms with E-state index in [0.717, 1.165) is 14.2 Å². The number of rotatable bonds is 5. The molecule has 0 aliphatic carbocycles. The fraction of sp³-hybridized carbons (Fsp3) is 0.174. The standard InChI is InChI=1S/C23H16ClF3N4O6/c1-36-21(32)17-16(11-6-4-3-5-7-11)13(10-28)20(29)30(19(17)22(33)37-2)18-14(24)8-12(23(25,26)27)9-15(18)31(34)35/h3-9,16H,29H2,1-2H3. The molecule has 37 heavy (non-hydrogen) atoms. The third kappa shape index (κ3) is 4.78. The van der Waals surface area contributed by atoms with Crippen LogP contribution in [0.1, 0.15) is 17.0 Å². The molecule has 2 aromatic carbocycles. The number of halogens is 4. The minimum Gasteiger partial charge on any atom is -0.466 e. The Labute approximate surface area is 212 Å². The summed E-state index contributed by atoms with van der Waals surface area (Å²) in [4.78, 5) is 37.3. The van der Waals surface area contributed by atoms with E-state index in [4.69, 9.17) is 26.8 Å². The Morgan fingerprint density at radius 1 is 1.16 bits per heavy atom. The molecule has 2 N–H and O–H groups in total. The van der Waals surface area contributed by atoms with E-state index in [2.05, 4.69) is 0 Å². The van der Waals surface area contributed by atoms with E-state index >= 15 is 0 Å². The summed E-state index contributed by atoms with van der Waals surface area (Å²) >= 11 is 6.10. The lowest BCUT2D eigenvalue weighted by molar-refractivity contribution is -0.384. The van der Waals surface area contributed by atoms with E-state index < -0.39 is 68.0 Å². The number of hydrogen-bond acceptors (Lipinski definition) is 9. The van der Waals surface area contributed by atoms with Gasteiger partial charge in [-0.1, -0.05) is 41.9 Å². The average molecular weight is 537 g/mol. The first-order chi connectivity index (χ1) is 17.4. The molecule has 1 aliphatic rings. The molecule has 1 heterocycles. The van der Waals surface area contributed by atoms with E-state index in [1.165, 1.54) is 12.1 Å². The molecular formula is C23H16ClF3N4O6. The average Bonchev–Trinajstić information content (AvgIpc) is 2.86. The molecule has 1 unspecified atom stereocenters. The molecule has 0 saturated carbocycles. The number of anilines is 1. The van der Waals surface area contributed by atoms with Crippen LogP contribution in [0.2, 0.25) is 5.02 Å². The van der Waals surface area contributed by atoms with Crippen molar-refractivity contribution in [3.8, 4) is 6.07 Å². The number of carbonyl (C=O) groups is 2. The van der Waals surface area contributed by atoms with Gasteiger partial charge in [-0.3, -0.25) is 15.0 Å². The Hall–Kier alpha value is -4.57. The van der Waals surface area contributed by atoms with Gasteiger partial charge < -0.3 is 15.2 Å². The van der Waals surface area contributed by atoms with Crippen LogP contribution in [0.5, 0.6) is 0 Å². The van der Waals surface area contributed by atoms with Gasteiger partial charge >= 0.3 is 18.1 Å². The number of ether oxygens (including phenoxy) is 2. The second-order valence-corrected chi connectivity index (χ2v) is 7.82. The Kier molecular flexibility index (Phi) is 7.45. The van der Waals surface area contributed by atoms with Crippen molar-refractivity contribution in [1.29, 1.82) is 5.26 Å². The van der Waals surface area contributed by atoms with E-state index in [0.29, 0.717) is 16.5 Å². The number of methoxy groups -OCH3 is 2. The summed E-state index contributed by atoms with van der Waals surface area (Å²) in [5, 5.41) is 21.0. The van der Waals surface area contributed by atoms with Gasteiger partial charge in [0.25, 0.3) is 5.69 Å². The van der Waals surface area contributed by atoms with Gasteiger partial charge in [-0.15, -0.1) is 0 Å². The molecular weight excluding hydrogens is 521 g/mol. The summed E-state index contributed by atoms with van der Waals surface area (Å²) in [5.41, 5.74) is 1.50. The minimum atomic E-state index is -5.01. The predicted octanol–water partition coefficient (Wildman–Crippen LogP) is 4.16. The van der Waals surface area contributed by atoms with Gasteiger partial charge in [0, 0.05) is 6.07 Å². The van der Waals surface area contributed by atoms with Crippen molar-refractivity contribution >= 4 is 34.9 Å². The number of nitro groups is 1. The fourth-order valence-electron chi connectivity index (χ4n) is 3.85. The molecule has 2 aromatic rings. The molecule has 0 radical (unpaired) electrons.